The lowest BCUT2D eigenvalue weighted by Crippen LogP contribution is -2.29. The SMILES string of the molecule is CCn1cc(C2NCCc3occc32)cn1. The molecular weight excluding hydrogens is 202 g/mol. The second-order valence-corrected chi connectivity index (χ2v) is 4.07. The van der Waals surface area contributed by atoms with E-state index in [1.54, 1.807) is 6.26 Å². The summed E-state index contributed by atoms with van der Waals surface area (Å²) < 4.78 is 7.42. The standard InChI is InChI=1S/C12H15N3O/c1-2-15-8-9(7-14-15)12-10-4-6-16-11(10)3-5-13-12/h4,6-8,12-13H,2-3,5H2,1H3. The Hall–Kier alpha value is -1.55. The van der Waals surface area contributed by atoms with Gasteiger partial charge in [-0.25, -0.2) is 0 Å². The molecule has 0 bridgehead atoms. The average Bonchev–Trinajstić information content (AvgIpc) is 2.97. The molecule has 0 aliphatic carbocycles. The topological polar surface area (TPSA) is 43.0 Å². The van der Waals surface area contributed by atoms with Gasteiger partial charge in [0.2, 0.25) is 0 Å². The van der Waals surface area contributed by atoms with Crippen molar-refractivity contribution in [2.75, 3.05) is 6.54 Å². The molecular formula is C12H15N3O. The van der Waals surface area contributed by atoms with E-state index in [-0.39, 0.29) is 6.04 Å². The molecule has 0 saturated carbocycles. The second-order valence-electron chi connectivity index (χ2n) is 4.07. The van der Waals surface area contributed by atoms with Crippen LogP contribution in [-0.2, 0) is 13.0 Å². The summed E-state index contributed by atoms with van der Waals surface area (Å²) in [6.07, 6.45) is 6.78. The maximum absolute atomic E-state index is 5.47. The Morgan fingerprint density at radius 2 is 2.56 bits per heavy atom. The van der Waals surface area contributed by atoms with E-state index in [0.717, 1.165) is 25.3 Å². The van der Waals surface area contributed by atoms with Gasteiger partial charge in [-0.3, -0.25) is 4.68 Å². The minimum Gasteiger partial charge on any atom is -0.469 e. The third-order valence-electron chi connectivity index (χ3n) is 3.10. The largest absolute Gasteiger partial charge is 0.469 e. The molecule has 0 radical (unpaired) electrons. The van der Waals surface area contributed by atoms with Gasteiger partial charge in [0.1, 0.15) is 5.76 Å². The van der Waals surface area contributed by atoms with E-state index in [1.165, 1.54) is 11.1 Å². The molecule has 4 heteroatoms. The van der Waals surface area contributed by atoms with Gasteiger partial charge >= 0.3 is 0 Å². The van der Waals surface area contributed by atoms with Gasteiger partial charge < -0.3 is 9.73 Å². The van der Waals surface area contributed by atoms with Crippen molar-refractivity contribution < 1.29 is 4.42 Å². The molecule has 16 heavy (non-hydrogen) atoms. The number of furan rings is 1. The van der Waals surface area contributed by atoms with Crippen molar-refractivity contribution in [3.05, 3.63) is 41.6 Å². The molecule has 0 saturated heterocycles. The zero-order valence-electron chi connectivity index (χ0n) is 9.31. The molecule has 0 aromatic carbocycles. The van der Waals surface area contributed by atoms with Crippen molar-refractivity contribution in [3.8, 4) is 0 Å². The molecule has 0 fully saturated rings. The van der Waals surface area contributed by atoms with Crippen LogP contribution in [0.25, 0.3) is 0 Å². The molecule has 1 aliphatic heterocycles. The summed E-state index contributed by atoms with van der Waals surface area (Å²) in [5.41, 5.74) is 2.46. The Bertz CT molecular complexity index is 486. The first kappa shape index (κ1) is 9.66. The molecule has 0 spiro atoms. The third kappa shape index (κ3) is 1.46. The molecule has 1 atom stereocenters. The molecule has 0 amide bonds. The van der Waals surface area contributed by atoms with E-state index in [1.807, 2.05) is 10.9 Å². The van der Waals surface area contributed by atoms with Gasteiger partial charge in [-0.1, -0.05) is 0 Å². The van der Waals surface area contributed by atoms with E-state index < -0.39 is 0 Å². The van der Waals surface area contributed by atoms with Crippen molar-refractivity contribution in [2.24, 2.45) is 0 Å². The maximum Gasteiger partial charge on any atom is 0.110 e. The Balaban J connectivity index is 1.97. The summed E-state index contributed by atoms with van der Waals surface area (Å²) in [5.74, 6) is 1.10. The quantitative estimate of drug-likeness (QED) is 0.833. The predicted molar refractivity (Wildman–Crippen MR) is 60.2 cm³/mol. The van der Waals surface area contributed by atoms with Crippen LogP contribution >= 0.6 is 0 Å². The lowest BCUT2D eigenvalue weighted by molar-refractivity contribution is 0.456. The van der Waals surface area contributed by atoms with Crippen molar-refractivity contribution in [3.63, 3.8) is 0 Å². The second kappa shape index (κ2) is 3.79. The number of aryl methyl sites for hydroxylation is 1. The van der Waals surface area contributed by atoms with E-state index in [4.69, 9.17) is 4.42 Å². The summed E-state index contributed by atoms with van der Waals surface area (Å²) in [5, 5.41) is 7.82. The molecule has 4 nitrogen and oxygen atoms in total. The van der Waals surface area contributed by atoms with Crippen LogP contribution in [0.3, 0.4) is 0 Å². The van der Waals surface area contributed by atoms with Crippen LogP contribution in [0.5, 0.6) is 0 Å². The van der Waals surface area contributed by atoms with Crippen LogP contribution in [0.15, 0.2) is 29.1 Å². The Morgan fingerprint density at radius 3 is 3.38 bits per heavy atom. The van der Waals surface area contributed by atoms with Gasteiger partial charge in [0.25, 0.3) is 0 Å². The van der Waals surface area contributed by atoms with Gasteiger partial charge in [-0.15, -0.1) is 0 Å². The van der Waals surface area contributed by atoms with Crippen molar-refractivity contribution >= 4 is 0 Å². The number of hydrogen-bond donors (Lipinski definition) is 1. The molecule has 84 valence electrons. The van der Waals surface area contributed by atoms with Crippen LogP contribution in [0.1, 0.15) is 29.9 Å². The smallest absolute Gasteiger partial charge is 0.110 e. The summed E-state index contributed by atoms with van der Waals surface area (Å²) in [4.78, 5) is 0. The Morgan fingerprint density at radius 1 is 1.62 bits per heavy atom. The van der Waals surface area contributed by atoms with Crippen LogP contribution in [0.2, 0.25) is 0 Å². The van der Waals surface area contributed by atoms with Gasteiger partial charge in [0, 0.05) is 36.8 Å². The third-order valence-corrected chi connectivity index (χ3v) is 3.10. The maximum atomic E-state index is 5.47. The number of hydrogen-bond acceptors (Lipinski definition) is 3. The van der Waals surface area contributed by atoms with Crippen molar-refractivity contribution in [1.29, 1.82) is 0 Å². The first-order chi connectivity index (χ1) is 7.88. The normalized spacial score (nSPS) is 19.7. The number of nitrogens with one attached hydrogen (secondary N) is 1. The Kier molecular flexibility index (Phi) is 2.29. The number of nitrogens with zero attached hydrogens (tertiary/aromatic N) is 2. The monoisotopic (exact) mass is 217 g/mol. The highest BCUT2D eigenvalue weighted by Gasteiger charge is 2.24. The van der Waals surface area contributed by atoms with E-state index in [2.05, 4.69) is 29.6 Å². The lowest BCUT2D eigenvalue weighted by atomic mass is 9.97. The lowest BCUT2D eigenvalue weighted by Gasteiger charge is -2.22. The summed E-state index contributed by atoms with van der Waals surface area (Å²) >= 11 is 0. The summed E-state index contributed by atoms with van der Waals surface area (Å²) in [6, 6.07) is 2.29. The fourth-order valence-corrected chi connectivity index (χ4v) is 2.25. The van der Waals surface area contributed by atoms with Gasteiger partial charge in [0.05, 0.1) is 18.5 Å². The molecule has 1 N–H and O–H groups in total. The zero-order valence-corrected chi connectivity index (χ0v) is 9.31. The molecule has 3 rings (SSSR count). The van der Waals surface area contributed by atoms with Crippen LogP contribution in [0, 0.1) is 0 Å². The highest BCUT2D eigenvalue weighted by molar-refractivity contribution is 5.33. The van der Waals surface area contributed by atoms with Crippen LogP contribution in [0.4, 0.5) is 0 Å². The average molecular weight is 217 g/mol. The summed E-state index contributed by atoms with van der Waals surface area (Å²) in [7, 11) is 0. The molecule has 2 aromatic heterocycles. The zero-order chi connectivity index (χ0) is 11.0. The fourth-order valence-electron chi connectivity index (χ4n) is 2.25. The highest BCUT2D eigenvalue weighted by atomic mass is 16.3. The minimum absolute atomic E-state index is 0.239. The molecule has 3 heterocycles. The molecule has 1 unspecified atom stereocenters. The fraction of sp³-hybridized carbons (Fsp3) is 0.417. The predicted octanol–water partition coefficient (Wildman–Crippen LogP) is 1.73. The van der Waals surface area contributed by atoms with Gasteiger partial charge in [0.15, 0.2) is 0 Å². The van der Waals surface area contributed by atoms with Gasteiger partial charge in [-0.05, 0) is 13.0 Å². The first-order valence-corrected chi connectivity index (χ1v) is 5.70. The van der Waals surface area contributed by atoms with Crippen LogP contribution in [-0.4, -0.2) is 16.3 Å². The van der Waals surface area contributed by atoms with E-state index >= 15 is 0 Å². The van der Waals surface area contributed by atoms with Crippen molar-refractivity contribution in [2.45, 2.75) is 25.9 Å². The minimum atomic E-state index is 0.239. The van der Waals surface area contributed by atoms with E-state index in [0.29, 0.717) is 0 Å². The molecule has 1 aliphatic rings. The highest BCUT2D eigenvalue weighted by Crippen LogP contribution is 2.28. The van der Waals surface area contributed by atoms with Crippen molar-refractivity contribution in [1.82, 2.24) is 15.1 Å². The summed E-state index contributed by atoms with van der Waals surface area (Å²) in [6.45, 7) is 3.96. The first-order valence-electron chi connectivity index (χ1n) is 5.70. The number of rotatable bonds is 2. The number of fused-ring (bicyclic) bond motifs is 1. The Labute approximate surface area is 94.3 Å². The molecule has 2 aromatic rings. The van der Waals surface area contributed by atoms with Crippen LogP contribution < -0.4 is 5.32 Å². The van der Waals surface area contributed by atoms with E-state index in [9.17, 15) is 0 Å². The number of aromatic nitrogens is 2. The van der Waals surface area contributed by atoms with Gasteiger partial charge in [-0.2, -0.15) is 5.10 Å².